The first kappa shape index (κ1) is 12.5. The lowest BCUT2D eigenvalue weighted by atomic mass is 9.93. The molecule has 0 radical (unpaired) electrons. The number of ether oxygens (including phenoxy) is 1. The molecule has 0 saturated heterocycles. The van der Waals surface area contributed by atoms with Gasteiger partial charge in [-0.2, -0.15) is 0 Å². The lowest BCUT2D eigenvalue weighted by molar-refractivity contribution is -0.137. The molecule has 0 spiro atoms. The van der Waals surface area contributed by atoms with Crippen molar-refractivity contribution >= 4 is 5.78 Å². The van der Waals surface area contributed by atoms with Crippen LogP contribution in [0.3, 0.4) is 0 Å². The molecular formula is C15H12O5. The average molecular weight is 272 g/mol. The van der Waals surface area contributed by atoms with Crippen molar-refractivity contribution < 1.29 is 24.9 Å². The molecule has 5 nitrogen and oxygen atoms in total. The molecule has 2 aromatic carbocycles. The number of aliphatic hydroxyl groups is 1. The molecule has 3 N–H and O–H groups in total. The number of hydrogen-bond donors (Lipinski definition) is 3. The molecule has 0 aliphatic carbocycles. The van der Waals surface area contributed by atoms with Gasteiger partial charge in [-0.15, -0.1) is 0 Å². The lowest BCUT2D eigenvalue weighted by Gasteiger charge is -2.28. The van der Waals surface area contributed by atoms with Crippen molar-refractivity contribution in [3.05, 3.63) is 53.6 Å². The quantitative estimate of drug-likeness (QED) is 0.737. The fourth-order valence-electron chi connectivity index (χ4n) is 2.21. The summed E-state index contributed by atoms with van der Waals surface area (Å²) >= 11 is 0. The van der Waals surface area contributed by atoms with Crippen LogP contribution in [0.15, 0.2) is 42.5 Å². The molecule has 0 amide bonds. The highest BCUT2D eigenvalue weighted by molar-refractivity contribution is 5.91. The molecule has 0 fully saturated rings. The molecular weight excluding hydrogens is 260 g/mol. The van der Waals surface area contributed by atoms with Gasteiger partial charge >= 0.3 is 0 Å². The number of carbonyl (C=O) groups is 1. The van der Waals surface area contributed by atoms with Crippen LogP contribution in [0.25, 0.3) is 0 Å². The smallest absolute Gasteiger partial charge is 0.210 e. The molecule has 20 heavy (non-hydrogen) atoms. The maximum atomic E-state index is 12.2. The summed E-state index contributed by atoms with van der Waals surface area (Å²) in [7, 11) is 0. The van der Waals surface area contributed by atoms with E-state index >= 15 is 0 Å². The summed E-state index contributed by atoms with van der Waals surface area (Å²) in [5, 5.41) is 28.8. The minimum Gasteiger partial charge on any atom is -0.508 e. The molecule has 0 aromatic heterocycles. The topological polar surface area (TPSA) is 87.0 Å². The molecule has 2 atom stereocenters. The molecule has 2 unspecified atom stereocenters. The maximum absolute atomic E-state index is 12.2. The SMILES string of the molecule is O=C1C(O)c2ccc(O)cc2OC1c1ccc(O)cc1. The predicted molar refractivity (Wildman–Crippen MR) is 69.5 cm³/mol. The van der Waals surface area contributed by atoms with Gasteiger partial charge in [-0.1, -0.05) is 12.1 Å². The van der Waals surface area contributed by atoms with E-state index in [0.29, 0.717) is 11.1 Å². The second-order valence-electron chi connectivity index (χ2n) is 4.62. The van der Waals surface area contributed by atoms with E-state index in [2.05, 4.69) is 0 Å². The Morgan fingerprint density at radius 2 is 1.60 bits per heavy atom. The van der Waals surface area contributed by atoms with Gasteiger partial charge in [-0.05, 0) is 24.3 Å². The summed E-state index contributed by atoms with van der Waals surface area (Å²) in [4.78, 5) is 12.2. The number of aromatic hydroxyl groups is 2. The van der Waals surface area contributed by atoms with Gasteiger partial charge in [-0.25, -0.2) is 0 Å². The Morgan fingerprint density at radius 3 is 2.30 bits per heavy atom. The monoisotopic (exact) mass is 272 g/mol. The molecule has 1 aliphatic rings. The standard InChI is InChI=1S/C15H12O5/c16-9-3-1-8(2-4-9)15-14(19)13(18)11-6-5-10(17)7-12(11)20-15/h1-7,13,15-18H. The Labute approximate surface area is 114 Å². The summed E-state index contributed by atoms with van der Waals surface area (Å²) in [6.45, 7) is 0. The fourth-order valence-corrected chi connectivity index (χ4v) is 2.21. The van der Waals surface area contributed by atoms with Gasteiger partial charge in [0.25, 0.3) is 0 Å². The Hall–Kier alpha value is -2.53. The number of fused-ring (bicyclic) bond motifs is 1. The zero-order valence-electron chi connectivity index (χ0n) is 10.4. The van der Waals surface area contributed by atoms with E-state index in [0.717, 1.165) is 0 Å². The summed E-state index contributed by atoms with van der Waals surface area (Å²) < 4.78 is 5.57. The molecule has 3 rings (SSSR count). The number of carbonyl (C=O) groups excluding carboxylic acids is 1. The van der Waals surface area contributed by atoms with E-state index in [1.807, 2.05) is 0 Å². The number of hydrogen-bond acceptors (Lipinski definition) is 5. The van der Waals surface area contributed by atoms with Crippen molar-refractivity contribution in [1.82, 2.24) is 0 Å². The second kappa shape index (κ2) is 4.54. The first-order valence-electron chi connectivity index (χ1n) is 6.06. The zero-order chi connectivity index (χ0) is 14.3. The van der Waals surface area contributed by atoms with Crippen LogP contribution in [0.1, 0.15) is 23.3 Å². The van der Waals surface area contributed by atoms with Gasteiger partial charge < -0.3 is 20.1 Å². The van der Waals surface area contributed by atoms with Crippen LogP contribution in [0, 0.1) is 0 Å². The van der Waals surface area contributed by atoms with Gasteiger partial charge in [0.05, 0.1) is 0 Å². The van der Waals surface area contributed by atoms with Gasteiger partial charge in [0.1, 0.15) is 23.4 Å². The average Bonchev–Trinajstić information content (AvgIpc) is 2.44. The van der Waals surface area contributed by atoms with E-state index in [4.69, 9.17) is 4.74 Å². The van der Waals surface area contributed by atoms with E-state index < -0.39 is 18.0 Å². The predicted octanol–water partition coefficient (Wildman–Crippen LogP) is 1.83. The number of Topliss-reactive ketones (excluding diaryl/α,β-unsaturated/α-hetero) is 1. The van der Waals surface area contributed by atoms with Gasteiger partial charge in [-0.3, -0.25) is 4.79 Å². The number of ketones is 1. The highest BCUT2D eigenvalue weighted by atomic mass is 16.5. The number of phenols is 2. The largest absolute Gasteiger partial charge is 0.508 e. The minimum absolute atomic E-state index is 0.00486. The van der Waals surface area contributed by atoms with Crippen LogP contribution in [0.5, 0.6) is 17.2 Å². The van der Waals surface area contributed by atoms with Crippen LogP contribution in [-0.4, -0.2) is 21.1 Å². The minimum atomic E-state index is -1.29. The Morgan fingerprint density at radius 1 is 0.950 bits per heavy atom. The molecule has 1 aliphatic heterocycles. The highest BCUT2D eigenvalue weighted by Crippen LogP contribution is 2.40. The molecule has 1 heterocycles. The normalized spacial score (nSPS) is 21.1. The molecule has 102 valence electrons. The summed E-state index contributed by atoms with van der Waals surface area (Å²) in [5.74, 6) is -0.130. The first-order chi connectivity index (χ1) is 9.56. The Kier molecular flexibility index (Phi) is 2.84. The van der Waals surface area contributed by atoms with Gasteiger partial charge in [0.2, 0.25) is 5.78 Å². The van der Waals surface area contributed by atoms with Crippen LogP contribution in [0.2, 0.25) is 0 Å². The lowest BCUT2D eigenvalue weighted by Crippen LogP contribution is -2.29. The molecule has 5 heteroatoms. The highest BCUT2D eigenvalue weighted by Gasteiger charge is 2.36. The van der Waals surface area contributed by atoms with Crippen molar-refractivity contribution in [2.45, 2.75) is 12.2 Å². The summed E-state index contributed by atoms with van der Waals surface area (Å²) in [6, 6.07) is 10.2. The van der Waals surface area contributed by atoms with Crippen molar-refractivity contribution in [2.75, 3.05) is 0 Å². The number of phenolic OH excluding ortho intramolecular Hbond substituents is 2. The summed E-state index contributed by atoms with van der Waals surface area (Å²) in [5.41, 5.74) is 0.865. The number of benzene rings is 2. The summed E-state index contributed by atoms with van der Waals surface area (Å²) in [6.07, 6.45) is -2.25. The van der Waals surface area contributed by atoms with Crippen LogP contribution < -0.4 is 4.74 Å². The Bertz CT molecular complexity index is 662. The fraction of sp³-hybridized carbons (Fsp3) is 0.133. The van der Waals surface area contributed by atoms with Crippen LogP contribution in [-0.2, 0) is 4.79 Å². The maximum Gasteiger partial charge on any atom is 0.210 e. The number of rotatable bonds is 1. The third-order valence-corrected chi connectivity index (χ3v) is 3.26. The van der Waals surface area contributed by atoms with Gasteiger partial charge in [0, 0.05) is 17.2 Å². The molecule has 0 saturated carbocycles. The van der Waals surface area contributed by atoms with Crippen molar-refractivity contribution in [2.24, 2.45) is 0 Å². The molecule has 2 aromatic rings. The first-order valence-corrected chi connectivity index (χ1v) is 6.06. The second-order valence-corrected chi connectivity index (χ2v) is 4.62. The van der Waals surface area contributed by atoms with E-state index in [9.17, 15) is 20.1 Å². The third kappa shape index (κ3) is 1.98. The van der Waals surface area contributed by atoms with Crippen LogP contribution >= 0.6 is 0 Å². The zero-order valence-corrected chi connectivity index (χ0v) is 10.4. The third-order valence-electron chi connectivity index (χ3n) is 3.26. The molecule has 0 bridgehead atoms. The van der Waals surface area contributed by atoms with Crippen molar-refractivity contribution in [3.63, 3.8) is 0 Å². The number of aliphatic hydroxyl groups excluding tert-OH is 1. The van der Waals surface area contributed by atoms with Crippen LogP contribution in [0.4, 0.5) is 0 Å². The Balaban J connectivity index is 2.03. The van der Waals surface area contributed by atoms with Crippen molar-refractivity contribution in [1.29, 1.82) is 0 Å². The van der Waals surface area contributed by atoms with Gasteiger partial charge in [0.15, 0.2) is 6.10 Å². The van der Waals surface area contributed by atoms with E-state index in [1.165, 1.54) is 30.3 Å². The van der Waals surface area contributed by atoms with E-state index in [1.54, 1.807) is 12.1 Å². The van der Waals surface area contributed by atoms with E-state index in [-0.39, 0.29) is 17.2 Å². The van der Waals surface area contributed by atoms with Crippen molar-refractivity contribution in [3.8, 4) is 17.2 Å².